The van der Waals surface area contributed by atoms with Crippen molar-refractivity contribution in [1.82, 2.24) is 0 Å². The minimum Gasteiger partial charge on any atom is -0.497 e. The molecule has 0 aromatic heterocycles. The maximum absolute atomic E-state index is 10.9. The first-order chi connectivity index (χ1) is 8.08. The van der Waals surface area contributed by atoms with Crippen molar-refractivity contribution in [3.05, 3.63) is 28.3 Å². The number of nitrogens with zero attached hydrogens (tertiary/aromatic N) is 1. The van der Waals surface area contributed by atoms with Gasteiger partial charge in [-0.1, -0.05) is 6.92 Å². The second-order valence-corrected chi connectivity index (χ2v) is 5.03. The molecule has 0 N–H and O–H groups in total. The molecule has 4 nitrogen and oxygen atoms in total. The Labute approximate surface area is 109 Å². The molecule has 1 aromatic carbocycles. The number of nitro groups is 1. The summed E-state index contributed by atoms with van der Waals surface area (Å²) in [4.78, 5) is 11.2. The van der Waals surface area contributed by atoms with Crippen molar-refractivity contribution in [2.45, 2.75) is 11.8 Å². The molecule has 0 bridgehead atoms. The fourth-order valence-corrected chi connectivity index (χ4v) is 2.43. The Morgan fingerprint density at radius 1 is 1.59 bits per heavy atom. The standard InChI is InChI=1S/C11H14ClNO3S/c1-8(6-12)7-17-11-4-3-9(16-2)5-10(11)13(14)15/h3-5,8H,6-7H2,1-2H3. The van der Waals surface area contributed by atoms with E-state index in [1.807, 2.05) is 6.92 Å². The zero-order chi connectivity index (χ0) is 12.8. The zero-order valence-electron chi connectivity index (χ0n) is 9.68. The topological polar surface area (TPSA) is 52.4 Å². The maximum atomic E-state index is 10.9. The van der Waals surface area contributed by atoms with Gasteiger partial charge in [0.1, 0.15) is 5.75 Å². The number of hydrogen-bond donors (Lipinski definition) is 0. The van der Waals surface area contributed by atoms with Crippen LogP contribution in [0, 0.1) is 16.0 Å². The molecule has 0 heterocycles. The third-order valence-electron chi connectivity index (χ3n) is 2.15. The lowest BCUT2D eigenvalue weighted by atomic mass is 10.3. The lowest BCUT2D eigenvalue weighted by Crippen LogP contribution is -2.00. The molecule has 1 unspecified atom stereocenters. The second-order valence-electron chi connectivity index (χ2n) is 3.66. The predicted molar refractivity (Wildman–Crippen MR) is 70.3 cm³/mol. The van der Waals surface area contributed by atoms with E-state index in [2.05, 4.69) is 0 Å². The van der Waals surface area contributed by atoms with Crippen molar-refractivity contribution in [1.29, 1.82) is 0 Å². The molecule has 94 valence electrons. The van der Waals surface area contributed by atoms with E-state index in [1.165, 1.54) is 24.9 Å². The van der Waals surface area contributed by atoms with Crippen LogP contribution in [0.25, 0.3) is 0 Å². The highest BCUT2D eigenvalue weighted by molar-refractivity contribution is 7.99. The van der Waals surface area contributed by atoms with Crippen LogP contribution in [0.4, 0.5) is 5.69 Å². The van der Waals surface area contributed by atoms with Crippen molar-refractivity contribution >= 4 is 29.1 Å². The van der Waals surface area contributed by atoms with Crippen LogP contribution in [0.3, 0.4) is 0 Å². The normalized spacial score (nSPS) is 12.2. The molecular weight excluding hydrogens is 262 g/mol. The molecule has 0 aliphatic rings. The summed E-state index contributed by atoms with van der Waals surface area (Å²) in [7, 11) is 1.49. The van der Waals surface area contributed by atoms with Crippen molar-refractivity contribution in [3.8, 4) is 5.75 Å². The van der Waals surface area contributed by atoms with Gasteiger partial charge in [-0.25, -0.2) is 0 Å². The van der Waals surface area contributed by atoms with Crippen LogP contribution in [0.2, 0.25) is 0 Å². The van der Waals surface area contributed by atoms with Crippen LogP contribution in [0.1, 0.15) is 6.92 Å². The third-order valence-corrected chi connectivity index (χ3v) is 4.07. The zero-order valence-corrected chi connectivity index (χ0v) is 11.3. The monoisotopic (exact) mass is 275 g/mol. The van der Waals surface area contributed by atoms with Gasteiger partial charge in [0.15, 0.2) is 0 Å². The fourth-order valence-electron chi connectivity index (χ4n) is 1.17. The molecule has 1 atom stereocenters. The molecule has 1 rings (SSSR count). The van der Waals surface area contributed by atoms with Crippen molar-refractivity contribution in [3.63, 3.8) is 0 Å². The van der Waals surface area contributed by atoms with Gasteiger partial charge in [0.25, 0.3) is 5.69 Å². The number of nitro benzene ring substituents is 1. The van der Waals surface area contributed by atoms with E-state index in [-0.39, 0.29) is 5.69 Å². The van der Waals surface area contributed by atoms with Gasteiger partial charge < -0.3 is 4.74 Å². The Morgan fingerprint density at radius 3 is 2.82 bits per heavy atom. The van der Waals surface area contributed by atoms with E-state index in [1.54, 1.807) is 12.1 Å². The summed E-state index contributed by atoms with van der Waals surface area (Å²) in [6.45, 7) is 2.01. The molecule has 0 saturated heterocycles. The van der Waals surface area contributed by atoms with Gasteiger partial charge in [0, 0.05) is 11.6 Å². The van der Waals surface area contributed by atoms with Crippen LogP contribution in [-0.2, 0) is 0 Å². The minimum absolute atomic E-state index is 0.0797. The number of alkyl halides is 1. The highest BCUT2D eigenvalue weighted by Gasteiger charge is 2.16. The fraction of sp³-hybridized carbons (Fsp3) is 0.455. The second kappa shape index (κ2) is 6.71. The van der Waals surface area contributed by atoms with Crippen LogP contribution in [0.5, 0.6) is 5.75 Å². The molecule has 17 heavy (non-hydrogen) atoms. The number of benzene rings is 1. The van der Waals surface area contributed by atoms with Gasteiger partial charge in [-0.05, 0) is 18.1 Å². The maximum Gasteiger partial charge on any atom is 0.286 e. The Bertz CT molecular complexity index is 400. The number of thioether (sulfide) groups is 1. The number of halogens is 1. The summed E-state index contributed by atoms with van der Waals surface area (Å²) in [6.07, 6.45) is 0. The van der Waals surface area contributed by atoms with Crippen LogP contribution in [-0.4, -0.2) is 23.7 Å². The van der Waals surface area contributed by atoms with E-state index in [4.69, 9.17) is 16.3 Å². The first kappa shape index (κ1) is 14.1. The predicted octanol–water partition coefficient (Wildman–Crippen LogP) is 3.57. The molecule has 6 heteroatoms. The Kier molecular flexibility index (Phi) is 5.58. The lowest BCUT2D eigenvalue weighted by Gasteiger charge is -2.08. The van der Waals surface area contributed by atoms with Crippen LogP contribution >= 0.6 is 23.4 Å². The summed E-state index contributed by atoms with van der Waals surface area (Å²) in [5.41, 5.74) is 0.0797. The van der Waals surface area contributed by atoms with E-state index in [0.29, 0.717) is 22.4 Å². The van der Waals surface area contributed by atoms with Gasteiger partial charge >= 0.3 is 0 Å². The third kappa shape index (κ3) is 4.09. The van der Waals surface area contributed by atoms with Crippen LogP contribution < -0.4 is 4.74 Å². The van der Waals surface area contributed by atoms with Gasteiger partial charge in [0.05, 0.1) is 23.0 Å². The van der Waals surface area contributed by atoms with Crippen molar-refractivity contribution in [2.24, 2.45) is 5.92 Å². The molecule has 0 aliphatic carbocycles. The first-order valence-electron chi connectivity index (χ1n) is 5.09. The molecule has 0 aliphatic heterocycles. The lowest BCUT2D eigenvalue weighted by molar-refractivity contribution is -0.387. The summed E-state index contributed by atoms with van der Waals surface area (Å²) >= 11 is 7.15. The van der Waals surface area contributed by atoms with E-state index < -0.39 is 4.92 Å². The summed E-state index contributed by atoms with van der Waals surface area (Å²) in [5.74, 6) is 2.13. The van der Waals surface area contributed by atoms with Gasteiger partial charge in [0.2, 0.25) is 0 Å². The Balaban J connectivity index is 2.87. The number of methoxy groups -OCH3 is 1. The molecule has 0 saturated carbocycles. The van der Waals surface area contributed by atoms with Gasteiger partial charge in [-0.15, -0.1) is 23.4 Å². The molecule has 0 amide bonds. The van der Waals surface area contributed by atoms with E-state index in [0.717, 1.165) is 5.75 Å². The quantitative estimate of drug-likeness (QED) is 0.345. The largest absolute Gasteiger partial charge is 0.497 e. The summed E-state index contributed by atoms with van der Waals surface area (Å²) in [5, 5.41) is 10.9. The Morgan fingerprint density at radius 2 is 2.29 bits per heavy atom. The highest BCUT2D eigenvalue weighted by Crippen LogP contribution is 2.33. The van der Waals surface area contributed by atoms with Crippen molar-refractivity contribution < 1.29 is 9.66 Å². The van der Waals surface area contributed by atoms with E-state index in [9.17, 15) is 10.1 Å². The van der Waals surface area contributed by atoms with E-state index >= 15 is 0 Å². The van der Waals surface area contributed by atoms with Crippen LogP contribution in [0.15, 0.2) is 23.1 Å². The highest BCUT2D eigenvalue weighted by atomic mass is 35.5. The summed E-state index contributed by atoms with van der Waals surface area (Å²) < 4.78 is 4.97. The SMILES string of the molecule is COc1ccc(SCC(C)CCl)c([N+](=O)[O-])c1. The first-order valence-corrected chi connectivity index (χ1v) is 6.61. The average molecular weight is 276 g/mol. The number of hydrogen-bond acceptors (Lipinski definition) is 4. The smallest absolute Gasteiger partial charge is 0.286 e. The van der Waals surface area contributed by atoms with Gasteiger partial charge in [-0.3, -0.25) is 10.1 Å². The number of ether oxygens (including phenoxy) is 1. The molecule has 0 fully saturated rings. The number of rotatable bonds is 6. The molecule has 0 spiro atoms. The van der Waals surface area contributed by atoms with Crippen molar-refractivity contribution in [2.75, 3.05) is 18.7 Å². The molecular formula is C11H14ClNO3S. The molecule has 0 radical (unpaired) electrons. The molecule has 1 aromatic rings. The summed E-state index contributed by atoms with van der Waals surface area (Å²) in [6, 6.07) is 4.87. The Hall–Kier alpha value is -0.940. The van der Waals surface area contributed by atoms with Gasteiger partial charge in [-0.2, -0.15) is 0 Å². The minimum atomic E-state index is -0.393. The average Bonchev–Trinajstić information content (AvgIpc) is 2.35.